The molecule has 4 nitrogen and oxygen atoms in total. The molecule has 3 aromatic rings. The quantitative estimate of drug-likeness (QED) is 0.691. The molecule has 0 aliphatic carbocycles. The van der Waals surface area contributed by atoms with Gasteiger partial charge in [0.05, 0.1) is 5.39 Å². The van der Waals surface area contributed by atoms with Gasteiger partial charge in [0, 0.05) is 43.9 Å². The monoisotopic (exact) mass is 362 g/mol. The third kappa shape index (κ3) is 3.91. The van der Waals surface area contributed by atoms with Gasteiger partial charge in [-0.25, -0.2) is 0 Å². The summed E-state index contributed by atoms with van der Waals surface area (Å²) in [6.45, 7) is 7.21. The molecule has 0 N–H and O–H groups in total. The summed E-state index contributed by atoms with van der Waals surface area (Å²) in [6, 6.07) is 18.1. The van der Waals surface area contributed by atoms with E-state index in [-0.39, 0.29) is 5.43 Å². The van der Waals surface area contributed by atoms with Crippen molar-refractivity contribution in [1.29, 1.82) is 0 Å². The predicted octanol–water partition coefficient (Wildman–Crippen LogP) is 3.86. The molecule has 2 heterocycles. The van der Waals surface area contributed by atoms with Crippen molar-refractivity contribution in [2.45, 2.75) is 19.8 Å². The second-order valence-electron chi connectivity index (χ2n) is 7.24. The molecule has 2 aromatic carbocycles. The fourth-order valence-corrected chi connectivity index (χ4v) is 3.85. The third-order valence-corrected chi connectivity index (χ3v) is 5.50. The molecule has 1 aliphatic rings. The van der Waals surface area contributed by atoms with E-state index in [1.165, 1.54) is 5.69 Å². The summed E-state index contributed by atoms with van der Waals surface area (Å²) in [6.07, 6.45) is 1.82. The number of fused-ring (bicyclic) bond motifs is 1. The van der Waals surface area contributed by atoms with Crippen molar-refractivity contribution in [3.8, 4) is 0 Å². The number of benzene rings is 2. The summed E-state index contributed by atoms with van der Waals surface area (Å²) in [5.74, 6) is 0.835. The standard InChI is InChI=1S/C23H26N2O2/c1-18-21(27-22-11-6-5-10-20(22)23(18)26)12-7-13-24-14-16-25(17-15-24)19-8-3-2-4-9-19/h2-6,8-11H,7,12-17H2,1H3. The summed E-state index contributed by atoms with van der Waals surface area (Å²) in [5.41, 5.74) is 2.86. The first kappa shape index (κ1) is 17.8. The van der Waals surface area contributed by atoms with Crippen LogP contribution in [-0.2, 0) is 6.42 Å². The number of piperazine rings is 1. The Morgan fingerprint density at radius 2 is 1.63 bits per heavy atom. The van der Waals surface area contributed by atoms with E-state index in [2.05, 4.69) is 40.1 Å². The molecule has 4 rings (SSSR count). The SMILES string of the molecule is Cc1c(CCCN2CCN(c3ccccc3)CC2)oc2ccccc2c1=O. The number of aryl methyl sites for hydroxylation is 1. The van der Waals surface area contributed by atoms with Crippen molar-refractivity contribution in [2.75, 3.05) is 37.6 Å². The highest BCUT2D eigenvalue weighted by Crippen LogP contribution is 2.18. The molecule has 1 saturated heterocycles. The van der Waals surface area contributed by atoms with Crippen LogP contribution in [0.5, 0.6) is 0 Å². The van der Waals surface area contributed by atoms with Gasteiger partial charge in [0.1, 0.15) is 11.3 Å². The van der Waals surface area contributed by atoms with Crippen LogP contribution in [0.15, 0.2) is 63.8 Å². The van der Waals surface area contributed by atoms with Gasteiger partial charge in [0.25, 0.3) is 0 Å². The highest BCUT2D eigenvalue weighted by atomic mass is 16.3. The number of nitrogens with zero attached hydrogens (tertiary/aromatic N) is 2. The Morgan fingerprint density at radius 1 is 0.926 bits per heavy atom. The number of rotatable bonds is 5. The van der Waals surface area contributed by atoms with Crippen LogP contribution in [0.2, 0.25) is 0 Å². The Hall–Kier alpha value is -2.59. The zero-order valence-electron chi connectivity index (χ0n) is 15.9. The van der Waals surface area contributed by atoms with Crippen LogP contribution in [0.25, 0.3) is 11.0 Å². The molecule has 0 amide bonds. The second kappa shape index (κ2) is 7.97. The maximum absolute atomic E-state index is 12.5. The smallest absolute Gasteiger partial charge is 0.195 e. The maximum Gasteiger partial charge on any atom is 0.195 e. The van der Waals surface area contributed by atoms with Crippen molar-refractivity contribution in [3.05, 3.63) is 76.1 Å². The van der Waals surface area contributed by atoms with Crippen LogP contribution in [0, 0.1) is 6.92 Å². The van der Waals surface area contributed by atoms with Gasteiger partial charge in [-0.05, 0) is 44.2 Å². The van der Waals surface area contributed by atoms with E-state index in [0.29, 0.717) is 11.0 Å². The number of hydrogen-bond donors (Lipinski definition) is 0. The van der Waals surface area contributed by atoms with Crippen LogP contribution < -0.4 is 10.3 Å². The molecule has 4 heteroatoms. The average molecular weight is 362 g/mol. The topological polar surface area (TPSA) is 36.7 Å². The molecular weight excluding hydrogens is 336 g/mol. The lowest BCUT2D eigenvalue weighted by Gasteiger charge is -2.36. The normalized spacial score (nSPS) is 15.4. The summed E-state index contributed by atoms with van der Waals surface area (Å²) in [4.78, 5) is 17.5. The van der Waals surface area contributed by atoms with E-state index in [1.807, 2.05) is 31.2 Å². The first-order chi connectivity index (χ1) is 13.2. The summed E-state index contributed by atoms with van der Waals surface area (Å²) in [7, 11) is 0. The second-order valence-corrected chi connectivity index (χ2v) is 7.24. The number of anilines is 1. The third-order valence-electron chi connectivity index (χ3n) is 5.50. The molecule has 140 valence electrons. The Labute approximate surface area is 160 Å². The van der Waals surface area contributed by atoms with E-state index < -0.39 is 0 Å². The molecule has 1 aliphatic heterocycles. The number of para-hydroxylation sites is 2. The van der Waals surface area contributed by atoms with Crippen molar-refractivity contribution >= 4 is 16.7 Å². The van der Waals surface area contributed by atoms with Crippen LogP contribution in [0.3, 0.4) is 0 Å². The van der Waals surface area contributed by atoms with Gasteiger partial charge in [0.15, 0.2) is 5.43 Å². The van der Waals surface area contributed by atoms with Gasteiger partial charge >= 0.3 is 0 Å². The highest BCUT2D eigenvalue weighted by molar-refractivity contribution is 5.76. The lowest BCUT2D eigenvalue weighted by Crippen LogP contribution is -2.46. The highest BCUT2D eigenvalue weighted by Gasteiger charge is 2.17. The van der Waals surface area contributed by atoms with Crippen LogP contribution in [-0.4, -0.2) is 37.6 Å². The molecule has 0 unspecified atom stereocenters. The minimum Gasteiger partial charge on any atom is -0.461 e. The molecule has 0 spiro atoms. The Bertz CT molecular complexity index is 957. The van der Waals surface area contributed by atoms with Gasteiger partial charge in [-0.1, -0.05) is 30.3 Å². The summed E-state index contributed by atoms with van der Waals surface area (Å²) in [5, 5.41) is 0.677. The van der Waals surface area contributed by atoms with Gasteiger partial charge in [-0.3, -0.25) is 9.69 Å². The van der Waals surface area contributed by atoms with Crippen LogP contribution in [0.4, 0.5) is 5.69 Å². The zero-order chi connectivity index (χ0) is 18.6. The van der Waals surface area contributed by atoms with E-state index in [0.717, 1.165) is 56.9 Å². The van der Waals surface area contributed by atoms with E-state index in [4.69, 9.17) is 4.42 Å². The molecule has 0 bridgehead atoms. The van der Waals surface area contributed by atoms with Gasteiger partial charge in [0.2, 0.25) is 0 Å². The maximum atomic E-state index is 12.5. The van der Waals surface area contributed by atoms with Crippen LogP contribution in [0.1, 0.15) is 17.7 Å². The molecule has 1 fully saturated rings. The average Bonchev–Trinajstić information content (AvgIpc) is 2.73. The van der Waals surface area contributed by atoms with Gasteiger partial charge < -0.3 is 9.32 Å². The van der Waals surface area contributed by atoms with Crippen molar-refractivity contribution in [3.63, 3.8) is 0 Å². The van der Waals surface area contributed by atoms with Gasteiger partial charge in [-0.2, -0.15) is 0 Å². The molecular formula is C23H26N2O2. The first-order valence-corrected chi connectivity index (χ1v) is 9.76. The molecule has 1 aromatic heterocycles. The molecule has 0 radical (unpaired) electrons. The molecule has 0 saturated carbocycles. The van der Waals surface area contributed by atoms with E-state index in [9.17, 15) is 4.79 Å². The van der Waals surface area contributed by atoms with Crippen LogP contribution >= 0.6 is 0 Å². The van der Waals surface area contributed by atoms with Crippen molar-refractivity contribution < 1.29 is 4.42 Å². The zero-order valence-corrected chi connectivity index (χ0v) is 15.9. The van der Waals surface area contributed by atoms with Crippen molar-refractivity contribution in [2.24, 2.45) is 0 Å². The first-order valence-electron chi connectivity index (χ1n) is 9.76. The Kier molecular flexibility index (Phi) is 5.26. The molecule has 0 atom stereocenters. The lowest BCUT2D eigenvalue weighted by atomic mass is 10.1. The predicted molar refractivity (Wildman–Crippen MR) is 111 cm³/mol. The van der Waals surface area contributed by atoms with E-state index in [1.54, 1.807) is 0 Å². The van der Waals surface area contributed by atoms with Crippen molar-refractivity contribution in [1.82, 2.24) is 4.90 Å². The fraction of sp³-hybridized carbons (Fsp3) is 0.348. The largest absolute Gasteiger partial charge is 0.461 e. The summed E-state index contributed by atoms with van der Waals surface area (Å²) < 4.78 is 6.01. The lowest BCUT2D eigenvalue weighted by molar-refractivity contribution is 0.253. The van der Waals surface area contributed by atoms with Gasteiger partial charge in [-0.15, -0.1) is 0 Å². The van der Waals surface area contributed by atoms with E-state index >= 15 is 0 Å². The molecule has 27 heavy (non-hydrogen) atoms. The summed E-state index contributed by atoms with van der Waals surface area (Å²) >= 11 is 0. The fourth-order valence-electron chi connectivity index (χ4n) is 3.85. The Balaban J connectivity index is 1.33. The number of hydrogen-bond acceptors (Lipinski definition) is 4. The minimum atomic E-state index is 0.100. The Morgan fingerprint density at radius 3 is 2.41 bits per heavy atom. The minimum absolute atomic E-state index is 0.100.